The Labute approximate surface area is 157 Å². The predicted octanol–water partition coefficient (Wildman–Crippen LogP) is 3.95. The molecule has 0 radical (unpaired) electrons. The van der Waals surface area contributed by atoms with Crippen molar-refractivity contribution >= 4 is 28.6 Å². The Morgan fingerprint density at radius 3 is 2.70 bits per heavy atom. The normalized spacial score (nSPS) is 12.2. The van der Waals surface area contributed by atoms with Crippen molar-refractivity contribution in [3.8, 4) is 5.69 Å². The van der Waals surface area contributed by atoms with E-state index in [9.17, 15) is 18.4 Å². The molecule has 0 aliphatic heterocycles. The first kappa shape index (κ1) is 18.8. The van der Waals surface area contributed by atoms with E-state index in [1.165, 1.54) is 19.9 Å². The molecule has 1 aromatic heterocycles. The molecule has 2 aromatic carbocycles. The van der Waals surface area contributed by atoms with Crippen LogP contribution in [0.3, 0.4) is 0 Å². The van der Waals surface area contributed by atoms with Gasteiger partial charge in [-0.1, -0.05) is 17.7 Å². The predicted molar refractivity (Wildman–Crippen MR) is 96.6 cm³/mol. The van der Waals surface area contributed by atoms with Crippen LogP contribution in [-0.4, -0.2) is 20.8 Å². The van der Waals surface area contributed by atoms with E-state index in [0.29, 0.717) is 6.07 Å². The first-order valence-electron chi connectivity index (χ1n) is 7.87. The molecule has 140 valence electrons. The summed E-state index contributed by atoms with van der Waals surface area (Å²) in [4.78, 5) is 28.5. The lowest BCUT2D eigenvalue weighted by Gasteiger charge is -2.20. The van der Waals surface area contributed by atoms with Gasteiger partial charge in [-0.3, -0.25) is 9.36 Å². The van der Waals surface area contributed by atoms with E-state index in [2.05, 4.69) is 10.3 Å². The molecule has 27 heavy (non-hydrogen) atoms. The van der Waals surface area contributed by atoms with Crippen LogP contribution >= 0.6 is 11.6 Å². The second-order valence-corrected chi connectivity index (χ2v) is 6.35. The standard InChI is InChI=1S/C18H14ClF2N3O3/c1-8-12(21)6-10(20)7-14(8)24-16(9(2)22-18(26)27)23-13-5-3-4-11(19)15(13)17(24)25/h3-7,9,22H,1-2H3,(H,26,27). The van der Waals surface area contributed by atoms with Crippen molar-refractivity contribution in [3.05, 3.63) is 68.7 Å². The van der Waals surface area contributed by atoms with E-state index in [-0.39, 0.29) is 33.0 Å². The van der Waals surface area contributed by atoms with E-state index in [1.807, 2.05) is 0 Å². The second-order valence-electron chi connectivity index (χ2n) is 5.95. The van der Waals surface area contributed by atoms with Crippen LogP contribution in [0, 0.1) is 18.6 Å². The maximum atomic E-state index is 14.1. The van der Waals surface area contributed by atoms with Crippen molar-refractivity contribution in [2.45, 2.75) is 19.9 Å². The van der Waals surface area contributed by atoms with Gasteiger partial charge in [0.1, 0.15) is 17.5 Å². The van der Waals surface area contributed by atoms with Crippen molar-refractivity contribution in [1.29, 1.82) is 0 Å². The molecule has 1 atom stereocenters. The van der Waals surface area contributed by atoms with E-state index >= 15 is 0 Å². The SMILES string of the molecule is Cc1c(F)cc(F)cc1-n1c(C(C)NC(=O)O)nc2cccc(Cl)c2c1=O. The molecular formula is C18H14ClF2N3O3. The van der Waals surface area contributed by atoms with Gasteiger partial charge in [0, 0.05) is 11.6 Å². The van der Waals surface area contributed by atoms with Crippen LogP contribution in [-0.2, 0) is 0 Å². The summed E-state index contributed by atoms with van der Waals surface area (Å²) in [5.41, 5.74) is -0.489. The highest BCUT2D eigenvalue weighted by Crippen LogP contribution is 2.25. The quantitative estimate of drug-likeness (QED) is 0.705. The van der Waals surface area contributed by atoms with Gasteiger partial charge in [0.05, 0.1) is 27.7 Å². The van der Waals surface area contributed by atoms with Crippen molar-refractivity contribution < 1.29 is 18.7 Å². The average Bonchev–Trinajstić information content (AvgIpc) is 2.57. The highest BCUT2D eigenvalue weighted by atomic mass is 35.5. The van der Waals surface area contributed by atoms with Gasteiger partial charge < -0.3 is 10.4 Å². The van der Waals surface area contributed by atoms with Gasteiger partial charge in [0.25, 0.3) is 5.56 Å². The summed E-state index contributed by atoms with van der Waals surface area (Å²) >= 11 is 6.13. The summed E-state index contributed by atoms with van der Waals surface area (Å²) in [7, 11) is 0. The zero-order valence-corrected chi connectivity index (χ0v) is 15.0. The largest absolute Gasteiger partial charge is 0.465 e. The molecule has 1 amide bonds. The lowest BCUT2D eigenvalue weighted by atomic mass is 10.1. The molecule has 6 nitrogen and oxygen atoms in total. The lowest BCUT2D eigenvalue weighted by molar-refractivity contribution is 0.190. The van der Waals surface area contributed by atoms with Crippen LogP contribution in [0.2, 0.25) is 5.02 Å². The van der Waals surface area contributed by atoms with Crippen LogP contribution in [0.15, 0.2) is 35.1 Å². The number of hydrogen-bond donors (Lipinski definition) is 2. The minimum Gasteiger partial charge on any atom is -0.465 e. The third-order valence-corrected chi connectivity index (χ3v) is 4.44. The van der Waals surface area contributed by atoms with Crippen molar-refractivity contribution in [2.24, 2.45) is 0 Å². The molecular weight excluding hydrogens is 380 g/mol. The van der Waals surface area contributed by atoms with Gasteiger partial charge in [-0.05, 0) is 32.0 Å². The van der Waals surface area contributed by atoms with E-state index in [0.717, 1.165) is 10.6 Å². The number of carbonyl (C=O) groups is 1. The Morgan fingerprint density at radius 1 is 1.33 bits per heavy atom. The molecule has 0 spiro atoms. The molecule has 0 saturated heterocycles. The molecule has 0 bridgehead atoms. The second kappa shape index (κ2) is 6.96. The molecule has 0 aliphatic rings. The van der Waals surface area contributed by atoms with Crippen LogP contribution in [0.4, 0.5) is 13.6 Å². The number of nitrogens with zero attached hydrogens (tertiary/aromatic N) is 2. The monoisotopic (exact) mass is 393 g/mol. The summed E-state index contributed by atoms with van der Waals surface area (Å²) in [6.45, 7) is 2.85. The number of fused-ring (bicyclic) bond motifs is 1. The minimum absolute atomic E-state index is 0.00970. The van der Waals surface area contributed by atoms with Crippen molar-refractivity contribution in [3.63, 3.8) is 0 Å². The Balaban J connectivity index is 2.46. The van der Waals surface area contributed by atoms with Crippen LogP contribution < -0.4 is 10.9 Å². The first-order valence-corrected chi connectivity index (χ1v) is 8.25. The lowest BCUT2D eigenvalue weighted by Crippen LogP contribution is -2.33. The molecule has 9 heteroatoms. The number of nitrogens with one attached hydrogen (secondary N) is 1. The summed E-state index contributed by atoms with van der Waals surface area (Å²) in [6.07, 6.45) is -1.34. The molecule has 3 rings (SSSR count). The zero-order valence-electron chi connectivity index (χ0n) is 14.3. The highest BCUT2D eigenvalue weighted by molar-refractivity contribution is 6.35. The van der Waals surface area contributed by atoms with Crippen LogP contribution in [0.1, 0.15) is 24.4 Å². The molecule has 0 saturated carbocycles. The number of hydrogen-bond acceptors (Lipinski definition) is 3. The van der Waals surface area contributed by atoms with Gasteiger partial charge in [0.15, 0.2) is 0 Å². The molecule has 1 heterocycles. The first-order chi connectivity index (χ1) is 12.7. The fourth-order valence-electron chi connectivity index (χ4n) is 2.84. The number of aromatic nitrogens is 2. The average molecular weight is 394 g/mol. The fraction of sp³-hybridized carbons (Fsp3) is 0.167. The van der Waals surface area contributed by atoms with E-state index in [4.69, 9.17) is 16.7 Å². The smallest absolute Gasteiger partial charge is 0.405 e. The molecule has 1 unspecified atom stereocenters. The van der Waals surface area contributed by atoms with E-state index < -0.39 is 29.3 Å². The Hall–Kier alpha value is -3.00. The third kappa shape index (κ3) is 3.35. The topological polar surface area (TPSA) is 84.2 Å². The number of rotatable bonds is 3. The number of amides is 1. The third-order valence-electron chi connectivity index (χ3n) is 4.12. The van der Waals surface area contributed by atoms with Crippen LogP contribution in [0.5, 0.6) is 0 Å². The summed E-state index contributed by atoms with van der Waals surface area (Å²) in [5, 5.41) is 11.4. The van der Waals surface area contributed by atoms with Gasteiger partial charge in [-0.2, -0.15) is 0 Å². The van der Waals surface area contributed by atoms with Gasteiger partial charge in [-0.25, -0.2) is 18.6 Å². The summed E-state index contributed by atoms with van der Waals surface area (Å²) in [6, 6.07) is 5.38. The van der Waals surface area contributed by atoms with Crippen LogP contribution in [0.25, 0.3) is 16.6 Å². The van der Waals surface area contributed by atoms with Crippen molar-refractivity contribution in [2.75, 3.05) is 0 Å². The summed E-state index contributed by atoms with van der Waals surface area (Å²) in [5.74, 6) is -1.75. The fourth-order valence-corrected chi connectivity index (χ4v) is 3.09. The minimum atomic E-state index is -1.34. The Kier molecular flexibility index (Phi) is 4.84. The Morgan fingerprint density at radius 2 is 2.04 bits per heavy atom. The Bertz CT molecular complexity index is 1130. The number of halogens is 3. The highest BCUT2D eigenvalue weighted by Gasteiger charge is 2.22. The van der Waals surface area contributed by atoms with Gasteiger partial charge in [-0.15, -0.1) is 0 Å². The maximum absolute atomic E-state index is 14.1. The van der Waals surface area contributed by atoms with Crippen molar-refractivity contribution in [1.82, 2.24) is 14.9 Å². The zero-order chi connectivity index (χ0) is 19.9. The molecule has 3 aromatic rings. The number of benzene rings is 2. The van der Waals surface area contributed by atoms with Gasteiger partial charge in [0.2, 0.25) is 0 Å². The molecule has 0 fully saturated rings. The molecule has 2 N–H and O–H groups in total. The molecule has 0 aliphatic carbocycles. The summed E-state index contributed by atoms with van der Waals surface area (Å²) < 4.78 is 28.9. The van der Waals surface area contributed by atoms with E-state index in [1.54, 1.807) is 12.1 Å². The number of carboxylic acid groups (broad SMARTS) is 1. The van der Waals surface area contributed by atoms with Gasteiger partial charge >= 0.3 is 6.09 Å². The maximum Gasteiger partial charge on any atom is 0.405 e.